The Hall–Kier alpha value is -2.83. The van der Waals surface area contributed by atoms with Crippen molar-refractivity contribution >= 4 is 11.9 Å². The van der Waals surface area contributed by atoms with Crippen LogP contribution in [0.5, 0.6) is 0 Å². The maximum Gasteiger partial charge on any atom is 0.222 e. The van der Waals surface area contributed by atoms with Crippen LogP contribution in [0.15, 0.2) is 35.3 Å². The van der Waals surface area contributed by atoms with E-state index in [2.05, 4.69) is 53.4 Å². The monoisotopic (exact) mass is 410 g/mol. The molecule has 0 saturated carbocycles. The van der Waals surface area contributed by atoms with E-state index < -0.39 is 0 Å². The summed E-state index contributed by atoms with van der Waals surface area (Å²) in [5, 5.41) is 11.4. The Balaban J connectivity index is 1.56. The molecule has 1 aliphatic rings. The quantitative estimate of drug-likeness (QED) is 0.379. The number of benzene rings is 1. The number of carbonyl (C=O) groups is 1. The number of likely N-dealkylation sites (tertiary alicyclic amines) is 1. The fraction of sp³-hybridized carbons (Fsp3) is 0.522. The fourth-order valence-corrected chi connectivity index (χ4v) is 3.79. The molecule has 1 aromatic heterocycles. The van der Waals surface area contributed by atoms with E-state index in [0.717, 1.165) is 62.9 Å². The van der Waals surface area contributed by atoms with Gasteiger partial charge in [-0.05, 0) is 39.2 Å². The number of guanidine groups is 1. The summed E-state index contributed by atoms with van der Waals surface area (Å²) in [6.07, 6.45) is 2.62. The lowest BCUT2D eigenvalue weighted by molar-refractivity contribution is -0.127. The highest BCUT2D eigenvalue weighted by Crippen LogP contribution is 2.16. The van der Waals surface area contributed by atoms with E-state index >= 15 is 0 Å². The molecule has 0 unspecified atom stereocenters. The molecule has 0 spiro atoms. The number of hydrogen-bond acceptors (Lipinski definition) is 3. The highest BCUT2D eigenvalue weighted by atomic mass is 16.2. The SMILES string of the molecule is CCNC(=NCc1c(C)nn(Cc2ccccc2)c1C)NCCCN1CCCC1=O. The molecule has 2 N–H and O–H groups in total. The molecule has 7 heteroatoms. The van der Waals surface area contributed by atoms with Crippen LogP contribution in [-0.2, 0) is 17.9 Å². The number of aliphatic imine (C=N–C) groups is 1. The average Bonchev–Trinajstić information content (AvgIpc) is 3.26. The second-order valence-electron chi connectivity index (χ2n) is 7.75. The minimum atomic E-state index is 0.286. The minimum absolute atomic E-state index is 0.286. The van der Waals surface area contributed by atoms with Gasteiger partial charge in [0.1, 0.15) is 0 Å². The minimum Gasteiger partial charge on any atom is -0.357 e. The number of nitrogens with one attached hydrogen (secondary N) is 2. The molecule has 1 saturated heterocycles. The van der Waals surface area contributed by atoms with Crippen LogP contribution in [0.4, 0.5) is 0 Å². The molecule has 1 fully saturated rings. The van der Waals surface area contributed by atoms with Crippen LogP contribution in [0.25, 0.3) is 0 Å². The standard InChI is InChI=1S/C23H34N6O/c1-4-24-23(25-13-9-15-28-14-8-12-22(28)30)26-16-21-18(2)27-29(19(21)3)17-20-10-6-5-7-11-20/h5-7,10-11H,4,8-9,12-17H2,1-3H3,(H2,24,25,26). The highest BCUT2D eigenvalue weighted by molar-refractivity contribution is 5.80. The number of amides is 1. The van der Waals surface area contributed by atoms with Crippen LogP contribution in [0.2, 0.25) is 0 Å². The lowest BCUT2D eigenvalue weighted by atomic mass is 10.2. The number of aromatic nitrogens is 2. The van der Waals surface area contributed by atoms with Gasteiger partial charge in [-0.3, -0.25) is 9.48 Å². The van der Waals surface area contributed by atoms with E-state index in [9.17, 15) is 4.79 Å². The van der Waals surface area contributed by atoms with Gasteiger partial charge in [0, 0.05) is 43.9 Å². The molecule has 162 valence electrons. The lowest BCUT2D eigenvalue weighted by Gasteiger charge is -2.16. The molecular weight excluding hydrogens is 376 g/mol. The predicted octanol–water partition coefficient (Wildman–Crippen LogP) is 2.62. The first-order chi connectivity index (χ1) is 14.6. The summed E-state index contributed by atoms with van der Waals surface area (Å²) in [7, 11) is 0. The van der Waals surface area contributed by atoms with Crippen LogP contribution in [0, 0.1) is 13.8 Å². The number of hydrogen-bond donors (Lipinski definition) is 2. The number of rotatable bonds is 9. The van der Waals surface area contributed by atoms with E-state index in [1.165, 1.54) is 11.1 Å². The van der Waals surface area contributed by atoms with Crippen LogP contribution in [0.1, 0.15) is 48.7 Å². The molecular formula is C23H34N6O. The zero-order valence-electron chi connectivity index (χ0n) is 18.4. The normalized spacial score (nSPS) is 14.4. The number of aryl methyl sites for hydroxylation is 1. The van der Waals surface area contributed by atoms with Crippen molar-refractivity contribution in [3.63, 3.8) is 0 Å². The summed E-state index contributed by atoms with van der Waals surface area (Å²) in [6, 6.07) is 10.4. The van der Waals surface area contributed by atoms with E-state index in [1.54, 1.807) is 0 Å². The lowest BCUT2D eigenvalue weighted by Crippen LogP contribution is -2.39. The molecule has 7 nitrogen and oxygen atoms in total. The fourth-order valence-electron chi connectivity index (χ4n) is 3.79. The summed E-state index contributed by atoms with van der Waals surface area (Å²) < 4.78 is 2.06. The van der Waals surface area contributed by atoms with Crippen LogP contribution in [-0.4, -0.2) is 52.7 Å². The number of nitrogens with zero attached hydrogens (tertiary/aromatic N) is 4. The molecule has 2 aromatic rings. The van der Waals surface area contributed by atoms with E-state index in [-0.39, 0.29) is 5.91 Å². The Kier molecular flexibility index (Phi) is 7.88. The van der Waals surface area contributed by atoms with Gasteiger partial charge in [0.25, 0.3) is 0 Å². The summed E-state index contributed by atoms with van der Waals surface area (Å²) in [4.78, 5) is 18.4. The first kappa shape index (κ1) is 21.9. The van der Waals surface area contributed by atoms with Gasteiger partial charge < -0.3 is 15.5 Å². The molecule has 1 aromatic carbocycles. The Bertz CT molecular complexity index is 858. The van der Waals surface area contributed by atoms with Crippen molar-refractivity contribution in [1.29, 1.82) is 0 Å². The van der Waals surface area contributed by atoms with Crippen molar-refractivity contribution in [1.82, 2.24) is 25.3 Å². The molecule has 0 atom stereocenters. The zero-order chi connectivity index (χ0) is 21.3. The van der Waals surface area contributed by atoms with Crippen LogP contribution in [0.3, 0.4) is 0 Å². The van der Waals surface area contributed by atoms with Gasteiger partial charge in [0.2, 0.25) is 5.91 Å². The van der Waals surface area contributed by atoms with Crippen molar-refractivity contribution in [3.8, 4) is 0 Å². The summed E-state index contributed by atoms with van der Waals surface area (Å²) >= 11 is 0. The van der Waals surface area contributed by atoms with Crippen molar-refractivity contribution in [2.75, 3.05) is 26.2 Å². The van der Waals surface area contributed by atoms with Gasteiger partial charge in [-0.15, -0.1) is 0 Å². The smallest absolute Gasteiger partial charge is 0.222 e. The molecule has 0 aliphatic carbocycles. The Morgan fingerprint density at radius 2 is 2.00 bits per heavy atom. The van der Waals surface area contributed by atoms with E-state index in [0.29, 0.717) is 13.0 Å². The van der Waals surface area contributed by atoms with Crippen molar-refractivity contribution < 1.29 is 4.79 Å². The Labute approximate surface area is 179 Å². The molecule has 1 aliphatic heterocycles. The first-order valence-electron chi connectivity index (χ1n) is 10.9. The van der Waals surface area contributed by atoms with Crippen molar-refractivity contribution in [3.05, 3.63) is 52.8 Å². The van der Waals surface area contributed by atoms with E-state index in [1.807, 2.05) is 17.9 Å². The average molecular weight is 411 g/mol. The first-order valence-corrected chi connectivity index (χ1v) is 10.9. The summed E-state index contributed by atoms with van der Waals surface area (Å²) in [6.45, 7) is 10.9. The van der Waals surface area contributed by atoms with Gasteiger partial charge in [-0.2, -0.15) is 5.10 Å². The van der Waals surface area contributed by atoms with Crippen LogP contribution < -0.4 is 10.6 Å². The third kappa shape index (κ3) is 5.84. The zero-order valence-corrected chi connectivity index (χ0v) is 18.4. The molecule has 3 rings (SSSR count). The second-order valence-corrected chi connectivity index (χ2v) is 7.75. The Morgan fingerprint density at radius 3 is 2.70 bits per heavy atom. The molecule has 2 heterocycles. The highest BCUT2D eigenvalue weighted by Gasteiger charge is 2.19. The molecule has 1 amide bonds. The number of carbonyl (C=O) groups excluding carboxylic acids is 1. The van der Waals surface area contributed by atoms with Gasteiger partial charge in [-0.1, -0.05) is 30.3 Å². The van der Waals surface area contributed by atoms with Gasteiger partial charge in [0.05, 0.1) is 18.8 Å². The van der Waals surface area contributed by atoms with E-state index in [4.69, 9.17) is 10.1 Å². The van der Waals surface area contributed by atoms with Gasteiger partial charge in [-0.25, -0.2) is 4.99 Å². The van der Waals surface area contributed by atoms with Crippen molar-refractivity contribution in [2.24, 2.45) is 4.99 Å². The largest absolute Gasteiger partial charge is 0.357 e. The molecule has 30 heavy (non-hydrogen) atoms. The predicted molar refractivity (Wildman–Crippen MR) is 120 cm³/mol. The third-order valence-electron chi connectivity index (χ3n) is 5.51. The Morgan fingerprint density at radius 1 is 1.20 bits per heavy atom. The van der Waals surface area contributed by atoms with Gasteiger partial charge in [0.15, 0.2) is 5.96 Å². The molecule has 0 bridgehead atoms. The van der Waals surface area contributed by atoms with Crippen LogP contribution >= 0.6 is 0 Å². The maximum atomic E-state index is 11.7. The second kappa shape index (κ2) is 10.8. The van der Waals surface area contributed by atoms with Crippen molar-refractivity contribution in [2.45, 2.75) is 53.1 Å². The summed E-state index contributed by atoms with van der Waals surface area (Å²) in [5.74, 6) is 1.09. The topological polar surface area (TPSA) is 74.6 Å². The third-order valence-corrected chi connectivity index (χ3v) is 5.51. The molecule has 0 radical (unpaired) electrons. The van der Waals surface area contributed by atoms with Gasteiger partial charge >= 0.3 is 0 Å². The summed E-state index contributed by atoms with van der Waals surface area (Å²) in [5.41, 5.74) is 4.59. The maximum absolute atomic E-state index is 11.7.